The molecule has 0 aliphatic carbocycles. The Kier molecular flexibility index (Phi) is 7.61. The maximum atomic E-state index is 13.3. The van der Waals surface area contributed by atoms with Crippen LogP contribution in [-0.4, -0.2) is 23.0 Å². The number of carboxylic acids is 1. The van der Waals surface area contributed by atoms with Crippen LogP contribution in [0.25, 0.3) is 22.1 Å². The van der Waals surface area contributed by atoms with Crippen molar-refractivity contribution in [2.45, 2.75) is 19.1 Å². The van der Waals surface area contributed by atoms with Gasteiger partial charge in [0.1, 0.15) is 29.8 Å². The van der Waals surface area contributed by atoms with Crippen molar-refractivity contribution in [3.8, 4) is 16.9 Å². The van der Waals surface area contributed by atoms with Crippen molar-refractivity contribution in [3.05, 3.63) is 125 Å². The Morgan fingerprint density at radius 2 is 1.64 bits per heavy atom. The number of carbonyl (C=O) groups is 2. The van der Waals surface area contributed by atoms with Gasteiger partial charge >= 0.3 is 5.97 Å². The molecule has 5 aromatic rings. The zero-order valence-corrected chi connectivity index (χ0v) is 21.3. The van der Waals surface area contributed by atoms with Crippen LogP contribution >= 0.6 is 11.6 Å². The monoisotopic (exact) mass is 543 g/mol. The van der Waals surface area contributed by atoms with Crippen LogP contribution in [0.15, 0.2) is 101 Å². The van der Waals surface area contributed by atoms with Crippen molar-refractivity contribution in [1.82, 2.24) is 5.32 Å². The average molecular weight is 544 g/mol. The van der Waals surface area contributed by atoms with E-state index in [1.807, 2.05) is 30.3 Å². The van der Waals surface area contributed by atoms with Crippen molar-refractivity contribution < 1.29 is 28.2 Å². The topological polar surface area (TPSA) is 88.8 Å². The number of furan rings is 1. The summed E-state index contributed by atoms with van der Waals surface area (Å²) in [5, 5.41) is 13.6. The largest absolute Gasteiger partial charge is 0.489 e. The summed E-state index contributed by atoms with van der Waals surface area (Å²) in [6.45, 7) is 0.198. The Labute approximate surface area is 228 Å². The lowest BCUT2D eigenvalue weighted by atomic mass is 10.0. The Balaban J connectivity index is 1.23. The summed E-state index contributed by atoms with van der Waals surface area (Å²) < 4.78 is 24.8. The first-order chi connectivity index (χ1) is 18.8. The number of amides is 1. The minimum absolute atomic E-state index is 0.0191. The summed E-state index contributed by atoms with van der Waals surface area (Å²) in [6.07, 6.45) is 0.0617. The van der Waals surface area contributed by atoms with E-state index in [9.17, 15) is 19.1 Å². The predicted octanol–water partition coefficient (Wildman–Crippen LogP) is 6.90. The normalized spacial score (nSPS) is 11.7. The molecule has 6 nitrogen and oxygen atoms in total. The maximum Gasteiger partial charge on any atom is 0.326 e. The molecule has 1 amide bonds. The van der Waals surface area contributed by atoms with Gasteiger partial charge in [-0.25, -0.2) is 9.18 Å². The van der Waals surface area contributed by atoms with Crippen LogP contribution in [0.4, 0.5) is 4.39 Å². The highest BCUT2D eigenvalue weighted by Crippen LogP contribution is 2.28. The van der Waals surface area contributed by atoms with Crippen LogP contribution in [0.3, 0.4) is 0 Å². The zero-order chi connectivity index (χ0) is 27.4. The fourth-order valence-electron chi connectivity index (χ4n) is 4.15. The van der Waals surface area contributed by atoms with Gasteiger partial charge < -0.3 is 19.6 Å². The van der Waals surface area contributed by atoms with E-state index >= 15 is 0 Å². The summed E-state index contributed by atoms with van der Waals surface area (Å²) in [5.41, 5.74) is 3.73. The number of hydrogen-bond acceptors (Lipinski definition) is 4. The number of hydrogen-bond donors (Lipinski definition) is 2. The molecule has 1 atom stereocenters. The number of aliphatic carboxylic acids is 1. The predicted molar refractivity (Wildman–Crippen MR) is 146 cm³/mol. The molecular weight excluding hydrogens is 521 g/mol. The Hall–Kier alpha value is -4.62. The van der Waals surface area contributed by atoms with Gasteiger partial charge in [0.2, 0.25) is 0 Å². The molecule has 0 bridgehead atoms. The summed E-state index contributed by atoms with van der Waals surface area (Å²) in [5.74, 6) is -1.55. The Morgan fingerprint density at radius 3 is 2.36 bits per heavy atom. The van der Waals surface area contributed by atoms with Gasteiger partial charge in [-0.3, -0.25) is 4.79 Å². The van der Waals surface area contributed by atoms with Crippen molar-refractivity contribution in [3.63, 3.8) is 0 Å². The van der Waals surface area contributed by atoms with E-state index in [0.717, 1.165) is 16.5 Å². The lowest BCUT2D eigenvalue weighted by Gasteiger charge is -2.14. The molecule has 0 spiro atoms. The smallest absolute Gasteiger partial charge is 0.326 e. The molecule has 39 heavy (non-hydrogen) atoms. The second kappa shape index (κ2) is 11.4. The van der Waals surface area contributed by atoms with E-state index in [1.165, 1.54) is 12.1 Å². The van der Waals surface area contributed by atoms with Crippen molar-refractivity contribution in [2.24, 2.45) is 0 Å². The minimum Gasteiger partial charge on any atom is -0.489 e. The van der Waals surface area contributed by atoms with Crippen LogP contribution in [0.2, 0.25) is 5.02 Å². The van der Waals surface area contributed by atoms with Gasteiger partial charge in [-0.05, 0) is 70.8 Å². The van der Waals surface area contributed by atoms with Crippen molar-refractivity contribution >= 4 is 34.4 Å². The number of rotatable bonds is 9. The Bertz CT molecular complexity index is 1630. The molecule has 0 fully saturated rings. The van der Waals surface area contributed by atoms with Crippen molar-refractivity contribution in [2.75, 3.05) is 0 Å². The molecule has 5 rings (SSSR count). The first kappa shape index (κ1) is 26.0. The highest BCUT2D eigenvalue weighted by Gasteiger charge is 2.23. The van der Waals surface area contributed by atoms with Gasteiger partial charge in [0.25, 0.3) is 5.91 Å². The van der Waals surface area contributed by atoms with Gasteiger partial charge in [0.15, 0.2) is 5.76 Å². The van der Waals surface area contributed by atoms with E-state index in [2.05, 4.69) is 5.32 Å². The average Bonchev–Trinajstić information content (AvgIpc) is 3.36. The highest BCUT2D eigenvalue weighted by molar-refractivity contribution is 6.30. The molecule has 0 saturated heterocycles. The summed E-state index contributed by atoms with van der Waals surface area (Å²) in [6, 6.07) is 26.3. The fourth-order valence-corrected chi connectivity index (χ4v) is 4.27. The molecular formula is C31H23ClFNO5. The number of nitrogens with one attached hydrogen (secondary N) is 1. The second-order valence-electron chi connectivity index (χ2n) is 9.00. The van der Waals surface area contributed by atoms with E-state index in [1.54, 1.807) is 54.6 Å². The first-order valence-electron chi connectivity index (χ1n) is 12.1. The molecule has 0 saturated carbocycles. The Morgan fingerprint density at radius 1 is 0.897 bits per heavy atom. The lowest BCUT2D eigenvalue weighted by Crippen LogP contribution is -2.42. The number of benzene rings is 4. The fraction of sp³-hybridized carbons (Fsp3) is 0.0968. The van der Waals surface area contributed by atoms with Crippen LogP contribution in [0.5, 0.6) is 5.75 Å². The van der Waals surface area contributed by atoms with E-state index in [0.29, 0.717) is 27.5 Å². The number of carbonyl (C=O) groups excluding carboxylic acids is 1. The standard InChI is InChI=1S/C31H23ClFNO5/c32-24-10-8-21(9-11-24)22-6-7-23-17-29(39-28(23)16-22)30(35)34-27(31(36)37)15-19-4-12-26(13-5-19)38-18-20-2-1-3-25(33)14-20/h1-14,16-17,27H,15,18H2,(H,34,35)(H,36,37)/t27-/m0/s1. The third kappa shape index (κ3) is 6.45. The first-order valence-corrected chi connectivity index (χ1v) is 12.5. The van der Waals surface area contributed by atoms with Gasteiger partial charge in [0.05, 0.1) is 0 Å². The maximum absolute atomic E-state index is 13.3. The molecule has 196 valence electrons. The van der Waals surface area contributed by atoms with Gasteiger partial charge in [-0.1, -0.05) is 60.1 Å². The molecule has 0 aliphatic heterocycles. The highest BCUT2D eigenvalue weighted by atomic mass is 35.5. The van der Waals surface area contributed by atoms with Crippen LogP contribution in [-0.2, 0) is 17.8 Å². The van der Waals surface area contributed by atoms with Gasteiger partial charge in [-0.2, -0.15) is 0 Å². The SMILES string of the molecule is O=C(N[C@@H](Cc1ccc(OCc2cccc(F)c2)cc1)C(=O)O)c1cc2ccc(-c3ccc(Cl)cc3)cc2o1. The number of carboxylic acid groups (broad SMARTS) is 1. The zero-order valence-electron chi connectivity index (χ0n) is 20.6. The molecule has 4 aromatic carbocycles. The van der Waals surface area contributed by atoms with Crippen LogP contribution < -0.4 is 10.1 Å². The molecule has 0 radical (unpaired) electrons. The van der Waals surface area contributed by atoms with Crippen LogP contribution in [0, 0.1) is 5.82 Å². The molecule has 0 aliphatic rings. The molecule has 1 heterocycles. The summed E-state index contributed by atoms with van der Waals surface area (Å²) in [7, 11) is 0. The van der Waals surface area contributed by atoms with Gasteiger partial charge in [0, 0.05) is 16.8 Å². The number of ether oxygens (including phenoxy) is 1. The molecule has 2 N–H and O–H groups in total. The van der Waals surface area contributed by atoms with E-state index < -0.39 is 17.9 Å². The second-order valence-corrected chi connectivity index (χ2v) is 9.44. The number of halogens is 2. The minimum atomic E-state index is -1.17. The quantitative estimate of drug-likeness (QED) is 0.211. The summed E-state index contributed by atoms with van der Waals surface area (Å²) >= 11 is 5.97. The van der Waals surface area contributed by atoms with Crippen LogP contribution in [0.1, 0.15) is 21.7 Å². The molecule has 8 heteroatoms. The van der Waals surface area contributed by atoms with Gasteiger partial charge in [-0.15, -0.1) is 0 Å². The summed E-state index contributed by atoms with van der Waals surface area (Å²) in [4.78, 5) is 24.8. The lowest BCUT2D eigenvalue weighted by molar-refractivity contribution is -0.139. The third-order valence-corrected chi connectivity index (χ3v) is 6.43. The molecule has 0 unspecified atom stereocenters. The molecule has 1 aromatic heterocycles. The number of fused-ring (bicyclic) bond motifs is 1. The van der Waals surface area contributed by atoms with E-state index in [4.69, 9.17) is 20.8 Å². The van der Waals surface area contributed by atoms with Crippen molar-refractivity contribution in [1.29, 1.82) is 0 Å². The van der Waals surface area contributed by atoms with E-state index in [-0.39, 0.29) is 24.6 Å². The third-order valence-electron chi connectivity index (χ3n) is 6.18.